The Hall–Kier alpha value is -5.14. The fourth-order valence-corrected chi connectivity index (χ4v) is 4.94. The van der Waals surface area contributed by atoms with Gasteiger partial charge in [-0.1, -0.05) is 66.4 Å². The van der Waals surface area contributed by atoms with Crippen molar-refractivity contribution in [2.45, 2.75) is 32.5 Å². The molecule has 0 heterocycles. The Morgan fingerprint density at radius 1 is 0.936 bits per heavy atom. The van der Waals surface area contributed by atoms with Crippen molar-refractivity contribution in [1.82, 2.24) is 5.43 Å². The van der Waals surface area contributed by atoms with Gasteiger partial charge in [0.15, 0.2) is 5.17 Å². The summed E-state index contributed by atoms with van der Waals surface area (Å²) in [4.78, 5) is 20.9. The van der Waals surface area contributed by atoms with E-state index < -0.39 is 6.36 Å². The molecule has 0 aliphatic heterocycles. The number of nitrogens with zero attached hydrogens (tertiary/aromatic N) is 4. The number of carbonyl (C=O) groups excluding carboxylic acids is 1. The number of hydrogen-bond acceptors (Lipinski definition) is 8. The average molecular weight is 663 g/mol. The van der Waals surface area contributed by atoms with E-state index in [0.717, 1.165) is 33.5 Å². The summed E-state index contributed by atoms with van der Waals surface area (Å²) in [6, 6.07) is 26.0. The molecule has 0 saturated carbocycles. The Bertz CT molecular complexity index is 1710. The second-order valence-corrected chi connectivity index (χ2v) is 11.1. The smallest absolute Gasteiger partial charge is 0.465 e. The number of rotatable bonds is 11. The molecule has 0 aromatic heterocycles. The van der Waals surface area contributed by atoms with E-state index in [1.807, 2.05) is 68.4 Å². The number of esters is 1. The molecular formula is C34H33F3N6O3S. The van der Waals surface area contributed by atoms with E-state index in [4.69, 9.17) is 15.6 Å². The van der Waals surface area contributed by atoms with Crippen molar-refractivity contribution in [3.05, 3.63) is 124 Å². The number of anilines is 1. The molecule has 0 aliphatic carbocycles. The predicted molar refractivity (Wildman–Crippen MR) is 181 cm³/mol. The molecule has 0 unspecified atom stereocenters. The number of nitrogens with one attached hydrogen (secondary N) is 1. The van der Waals surface area contributed by atoms with Crippen LogP contribution in [0.3, 0.4) is 0 Å². The monoisotopic (exact) mass is 662 g/mol. The molecule has 0 aliphatic rings. The quantitative estimate of drug-likeness (QED) is 0.0564. The number of alkyl halides is 3. The standard InChI is InChI=1S/C34H33F3N6O3S/c1-23-5-4-6-24(2)31(23)41-33(47-21-27-11-13-28(14-12-27)32(44)45-3)42-40-20-26-9-7-25(8-10-26)19-39-22-43(38)29-15-17-30(18-16-29)46-34(35,36)37/h4-18,20,22H,19,21,38H2,1-3H3,(H,41,42)/b39-22?,40-20+. The van der Waals surface area contributed by atoms with Crippen molar-refractivity contribution in [3.63, 3.8) is 0 Å². The van der Waals surface area contributed by atoms with E-state index in [2.05, 4.69) is 20.3 Å². The first-order valence-corrected chi connectivity index (χ1v) is 15.2. The summed E-state index contributed by atoms with van der Waals surface area (Å²) in [5.74, 6) is 5.83. The Balaban J connectivity index is 1.36. The third-order valence-corrected chi connectivity index (χ3v) is 7.54. The van der Waals surface area contributed by atoms with Crippen molar-refractivity contribution in [1.29, 1.82) is 0 Å². The summed E-state index contributed by atoms with van der Waals surface area (Å²) in [5, 5.41) is 6.23. The minimum atomic E-state index is -4.76. The number of nitrogens with two attached hydrogens (primary N) is 1. The second-order valence-electron chi connectivity index (χ2n) is 10.2. The molecule has 0 bridgehead atoms. The first-order chi connectivity index (χ1) is 22.5. The molecule has 0 fully saturated rings. The zero-order valence-corrected chi connectivity index (χ0v) is 26.7. The Labute approximate surface area is 275 Å². The third kappa shape index (κ3) is 11.0. The molecule has 0 spiro atoms. The molecule has 4 rings (SSSR count). The van der Waals surface area contributed by atoms with Gasteiger partial charge in [-0.15, -0.1) is 13.2 Å². The molecule has 0 radical (unpaired) electrons. The maximum Gasteiger partial charge on any atom is 0.573 e. The lowest BCUT2D eigenvalue weighted by molar-refractivity contribution is -0.274. The molecule has 0 saturated heterocycles. The van der Waals surface area contributed by atoms with Gasteiger partial charge in [-0.25, -0.2) is 15.6 Å². The summed E-state index contributed by atoms with van der Waals surface area (Å²) >= 11 is 1.48. The molecule has 47 heavy (non-hydrogen) atoms. The van der Waals surface area contributed by atoms with Gasteiger partial charge in [0.2, 0.25) is 0 Å². The zero-order valence-electron chi connectivity index (χ0n) is 25.9. The van der Waals surface area contributed by atoms with Gasteiger partial charge in [0, 0.05) is 5.75 Å². The summed E-state index contributed by atoms with van der Waals surface area (Å²) in [7, 11) is 1.35. The number of hydrogen-bond donors (Lipinski definition) is 2. The van der Waals surface area contributed by atoms with Crippen LogP contribution in [0.4, 0.5) is 24.5 Å². The van der Waals surface area contributed by atoms with Crippen LogP contribution >= 0.6 is 11.8 Å². The fraction of sp³-hybridized carbons (Fsp3) is 0.176. The highest BCUT2D eigenvalue weighted by molar-refractivity contribution is 8.13. The van der Waals surface area contributed by atoms with Crippen molar-refractivity contribution >= 4 is 46.8 Å². The van der Waals surface area contributed by atoms with Crippen LogP contribution in [0.5, 0.6) is 5.75 Å². The van der Waals surface area contributed by atoms with Crippen molar-refractivity contribution in [2.75, 3.05) is 12.1 Å². The molecule has 13 heteroatoms. The van der Waals surface area contributed by atoms with Gasteiger partial charge in [-0.3, -0.25) is 15.4 Å². The number of amidine groups is 1. The lowest BCUT2D eigenvalue weighted by Crippen LogP contribution is -2.29. The fourth-order valence-electron chi connectivity index (χ4n) is 4.17. The zero-order chi connectivity index (χ0) is 33.8. The molecular weight excluding hydrogens is 629 g/mol. The van der Waals surface area contributed by atoms with Gasteiger partial charge >= 0.3 is 12.3 Å². The first-order valence-electron chi connectivity index (χ1n) is 14.2. The molecule has 0 amide bonds. The Morgan fingerprint density at radius 2 is 1.57 bits per heavy atom. The van der Waals surface area contributed by atoms with Crippen LogP contribution in [0, 0.1) is 13.8 Å². The maximum atomic E-state index is 12.4. The number of hydrazone groups is 1. The van der Waals surface area contributed by atoms with Crippen LogP contribution in [0.1, 0.15) is 38.2 Å². The highest BCUT2D eigenvalue weighted by Crippen LogP contribution is 2.26. The van der Waals surface area contributed by atoms with E-state index in [1.165, 1.54) is 54.5 Å². The number of hydrazine groups is 1. The number of halogens is 3. The number of para-hydroxylation sites is 1. The van der Waals surface area contributed by atoms with Gasteiger partial charge in [0.05, 0.1) is 36.8 Å². The number of methoxy groups -OCH3 is 1. The van der Waals surface area contributed by atoms with Crippen LogP contribution in [-0.2, 0) is 17.0 Å². The summed E-state index contributed by atoms with van der Waals surface area (Å²) in [6.45, 7) is 4.35. The van der Waals surface area contributed by atoms with Crippen LogP contribution in [-0.4, -0.2) is 37.2 Å². The van der Waals surface area contributed by atoms with Crippen molar-refractivity contribution in [3.8, 4) is 5.75 Å². The minimum Gasteiger partial charge on any atom is -0.465 e. The summed E-state index contributed by atoms with van der Waals surface area (Å²) in [5.41, 5.74) is 9.73. The number of aliphatic imine (C=N–C) groups is 2. The van der Waals surface area contributed by atoms with Crippen LogP contribution in [0.25, 0.3) is 0 Å². The summed E-state index contributed by atoms with van der Waals surface area (Å²) < 4.78 is 45.7. The molecule has 0 atom stereocenters. The average Bonchev–Trinajstić information content (AvgIpc) is 3.05. The van der Waals surface area contributed by atoms with Gasteiger partial charge < -0.3 is 9.47 Å². The highest BCUT2D eigenvalue weighted by atomic mass is 32.2. The largest absolute Gasteiger partial charge is 0.573 e. The lowest BCUT2D eigenvalue weighted by atomic mass is 10.1. The van der Waals surface area contributed by atoms with Crippen LogP contribution in [0.15, 0.2) is 106 Å². The van der Waals surface area contributed by atoms with Crippen molar-refractivity contribution in [2.24, 2.45) is 20.9 Å². The van der Waals surface area contributed by atoms with Gasteiger partial charge in [-0.2, -0.15) is 5.10 Å². The van der Waals surface area contributed by atoms with E-state index in [1.54, 1.807) is 18.3 Å². The number of carbonyl (C=O) groups is 1. The second kappa shape index (κ2) is 16.4. The summed E-state index contributed by atoms with van der Waals surface area (Å²) in [6.07, 6.45) is -1.68. The normalized spacial score (nSPS) is 12.0. The van der Waals surface area contributed by atoms with Gasteiger partial charge in [0.25, 0.3) is 0 Å². The Morgan fingerprint density at radius 3 is 2.19 bits per heavy atom. The van der Waals surface area contributed by atoms with Crippen LogP contribution < -0.4 is 21.0 Å². The number of benzene rings is 4. The number of aryl methyl sites for hydroxylation is 2. The number of thioether (sulfide) groups is 1. The van der Waals surface area contributed by atoms with E-state index in [0.29, 0.717) is 28.7 Å². The molecule has 9 nitrogen and oxygen atoms in total. The van der Waals surface area contributed by atoms with Crippen molar-refractivity contribution < 1.29 is 27.4 Å². The SMILES string of the molecule is COC(=O)c1ccc(CSC(=Nc2c(C)cccc2C)N/N=C/c2ccc(CN=CN(N)c3ccc(OC(F)(F)F)cc3)cc2)cc1. The maximum absolute atomic E-state index is 12.4. The third-order valence-electron chi connectivity index (χ3n) is 6.61. The van der Waals surface area contributed by atoms with Gasteiger partial charge in [0.1, 0.15) is 12.1 Å². The first kappa shape index (κ1) is 34.7. The number of ether oxygens (including phenoxy) is 2. The van der Waals surface area contributed by atoms with E-state index in [9.17, 15) is 18.0 Å². The topological polar surface area (TPSA) is 114 Å². The van der Waals surface area contributed by atoms with E-state index >= 15 is 0 Å². The minimum absolute atomic E-state index is 0.335. The lowest BCUT2D eigenvalue weighted by Gasteiger charge is -2.14. The molecule has 3 N–H and O–H groups in total. The molecule has 4 aromatic carbocycles. The Kier molecular flexibility index (Phi) is 12.1. The predicted octanol–water partition coefficient (Wildman–Crippen LogP) is 7.44. The highest BCUT2D eigenvalue weighted by Gasteiger charge is 2.31. The molecule has 4 aromatic rings. The van der Waals surface area contributed by atoms with Crippen LogP contribution in [0.2, 0.25) is 0 Å². The van der Waals surface area contributed by atoms with Gasteiger partial charge in [-0.05, 0) is 78.1 Å². The van der Waals surface area contributed by atoms with E-state index in [-0.39, 0.29) is 11.7 Å². The molecule has 244 valence electrons.